The Kier molecular flexibility index (Phi) is 7.47. The molecule has 0 bridgehead atoms. The number of piperazine rings is 1. The van der Waals surface area contributed by atoms with Crippen molar-refractivity contribution in [3.05, 3.63) is 41.3 Å². The van der Waals surface area contributed by atoms with Gasteiger partial charge in [0, 0.05) is 38.8 Å². The number of hydrogen-bond donors (Lipinski definition) is 0. The largest absolute Gasteiger partial charge is 0.417 e. The van der Waals surface area contributed by atoms with Gasteiger partial charge >= 0.3 is 6.18 Å². The summed E-state index contributed by atoms with van der Waals surface area (Å²) in [6.45, 7) is 5.68. The van der Waals surface area contributed by atoms with Crippen LogP contribution in [0.15, 0.2) is 24.5 Å². The van der Waals surface area contributed by atoms with Crippen molar-refractivity contribution >= 4 is 11.8 Å². The van der Waals surface area contributed by atoms with Gasteiger partial charge in [0.2, 0.25) is 5.91 Å². The van der Waals surface area contributed by atoms with Crippen LogP contribution < -0.4 is 0 Å². The van der Waals surface area contributed by atoms with Gasteiger partial charge < -0.3 is 9.80 Å². The monoisotopic (exact) mass is 491 g/mol. The number of amides is 2. The second-order valence-corrected chi connectivity index (χ2v) is 9.77. The Morgan fingerprint density at radius 2 is 1.69 bits per heavy atom. The molecule has 0 aromatic carbocycles. The van der Waals surface area contributed by atoms with Crippen LogP contribution in [0.25, 0.3) is 5.82 Å². The highest BCUT2D eigenvalue weighted by atomic mass is 19.4. The fourth-order valence-corrected chi connectivity index (χ4v) is 5.05. The van der Waals surface area contributed by atoms with E-state index < -0.39 is 11.7 Å². The van der Waals surface area contributed by atoms with E-state index in [0.29, 0.717) is 49.8 Å². The van der Waals surface area contributed by atoms with E-state index in [0.717, 1.165) is 18.7 Å². The van der Waals surface area contributed by atoms with E-state index in [-0.39, 0.29) is 23.6 Å². The van der Waals surface area contributed by atoms with Gasteiger partial charge in [-0.25, -0.2) is 9.67 Å². The van der Waals surface area contributed by atoms with Crippen LogP contribution >= 0.6 is 0 Å². The minimum absolute atomic E-state index is 0.112. The van der Waals surface area contributed by atoms with Gasteiger partial charge in [0.15, 0.2) is 5.82 Å². The third-order valence-corrected chi connectivity index (χ3v) is 7.04. The lowest BCUT2D eigenvalue weighted by atomic mass is 10.0. The molecule has 1 saturated carbocycles. The van der Waals surface area contributed by atoms with Crippen LogP contribution in [-0.2, 0) is 11.0 Å². The number of nitrogens with zero attached hydrogens (tertiary/aromatic N) is 5. The Bertz CT molecular complexity index is 1030. The van der Waals surface area contributed by atoms with E-state index in [1.54, 1.807) is 4.90 Å². The number of alkyl halides is 3. The molecule has 0 spiro atoms. The molecule has 2 aromatic rings. The minimum atomic E-state index is -4.47. The van der Waals surface area contributed by atoms with Crippen molar-refractivity contribution in [3.8, 4) is 5.82 Å². The Balaban J connectivity index is 1.41. The fourth-order valence-electron chi connectivity index (χ4n) is 5.05. The van der Waals surface area contributed by atoms with Crippen molar-refractivity contribution in [1.29, 1.82) is 0 Å². The van der Waals surface area contributed by atoms with E-state index in [1.807, 2.05) is 18.7 Å². The summed E-state index contributed by atoms with van der Waals surface area (Å²) in [5, 5.41) is 4.28. The molecule has 0 atom stereocenters. The molecule has 0 N–H and O–H groups in total. The van der Waals surface area contributed by atoms with Gasteiger partial charge in [0.1, 0.15) is 0 Å². The Morgan fingerprint density at radius 3 is 2.26 bits per heavy atom. The maximum absolute atomic E-state index is 13.3. The summed E-state index contributed by atoms with van der Waals surface area (Å²) in [7, 11) is 0. The molecule has 35 heavy (non-hydrogen) atoms. The number of halogens is 3. The van der Waals surface area contributed by atoms with Gasteiger partial charge in [-0.3, -0.25) is 9.59 Å². The summed E-state index contributed by atoms with van der Waals surface area (Å²) in [5.41, 5.74) is 0.159. The molecule has 3 heterocycles. The fraction of sp³-hybridized carbons (Fsp3) is 0.600. The SMILES string of the molecule is CC(C)c1c(C(=O)N2CCN(C(=O)CCC3CCCC3)CC2)cnn1-c1ccc(C(F)(F)F)cn1. The zero-order chi connectivity index (χ0) is 25.2. The Hall–Kier alpha value is -2.91. The first kappa shape index (κ1) is 25.2. The molecular formula is C25H32F3N5O2. The van der Waals surface area contributed by atoms with Crippen molar-refractivity contribution in [1.82, 2.24) is 24.6 Å². The van der Waals surface area contributed by atoms with Gasteiger partial charge in [-0.05, 0) is 30.4 Å². The summed E-state index contributed by atoms with van der Waals surface area (Å²) >= 11 is 0. The first-order valence-corrected chi connectivity index (χ1v) is 12.3. The van der Waals surface area contributed by atoms with E-state index >= 15 is 0 Å². The predicted octanol–water partition coefficient (Wildman–Crippen LogP) is 4.66. The van der Waals surface area contributed by atoms with Crippen molar-refractivity contribution in [2.75, 3.05) is 26.2 Å². The van der Waals surface area contributed by atoms with Gasteiger partial charge in [0.25, 0.3) is 5.91 Å². The molecule has 1 saturated heterocycles. The molecule has 7 nitrogen and oxygen atoms in total. The smallest absolute Gasteiger partial charge is 0.339 e. The third kappa shape index (κ3) is 5.67. The number of rotatable bonds is 6. The lowest BCUT2D eigenvalue weighted by Gasteiger charge is -2.35. The molecule has 1 aliphatic carbocycles. The van der Waals surface area contributed by atoms with Crippen molar-refractivity contribution in [2.24, 2.45) is 5.92 Å². The lowest BCUT2D eigenvalue weighted by molar-refractivity contribution is -0.137. The minimum Gasteiger partial charge on any atom is -0.339 e. The van der Waals surface area contributed by atoms with Crippen LogP contribution in [0.4, 0.5) is 13.2 Å². The molecule has 2 aliphatic rings. The van der Waals surface area contributed by atoms with Gasteiger partial charge in [0.05, 0.1) is 23.0 Å². The van der Waals surface area contributed by atoms with Crippen LogP contribution in [-0.4, -0.2) is 62.6 Å². The van der Waals surface area contributed by atoms with Gasteiger partial charge in [-0.1, -0.05) is 39.5 Å². The van der Waals surface area contributed by atoms with E-state index in [1.165, 1.54) is 42.6 Å². The number of pyridine rings is 1. The molecule has 1 aliphatic heterocycles. The van der Waals surface area contributed by atoms with E-state index in [9.17, 15) is 22.8 Å². The van der Waals surface area contributed by atoms with Crippen molar-refractivity contribution in [2.45, 2.75) is 64.5 Å². The predicted molar refractivity (Wildman–Crippen MR) is 124 cm³/mol. The van der Waals surface area contributed by atoms with Crippen LogP contribution in [0.2, 0.25) is 0 Å². The first-order chi connectivity index (χ1) is 16.6. The van der Waals surface area contributed by atoms with E-state index in [2.05, 4.69) is 10.1 Å². The molecule has 2 fully saturated rings. The molecule has 0 unspecified atom stereocenters. The van der Waals surface area contributed by atoms with Crippen molar-refractivity contribution < 1.29 is 22.8 Å². The van der Waals surface area contributed by atoms with Crippen LogP contribution in [0.5, 0.6) is 0 Å². The molecular weight excluding hydrogens is 459 g/mol. The van der Waals surface area contributed by atoms with Gasteiger partial charge in [-0.2, -0.15) is 18.3 Å². The maximum Gasteiger partial charge on any atom is 0.417 e. The zero-order valence-electron chi connectivity index (χ0n) is 20.2. The average molecular weight is 492 g/mol. The quantitative estimate of drug-likeness (QED) is 0.589. The summed E-state index contributed by atoms with van der Waals surface area (Å²) in [4.78, 5) is 33.4. The zero-order valence-corrected chi connectivity index (χ0v) is 20.2. The topological polar surface area (TPSA) is 71.3 Å². The van der Waals surface area contributed by atoms with E-state index in [4.69, 9.17) is 0 Å². The number of carbonyl (C=O) groups excluding carboxylic acids is 2. The van der Waals surface area contributed by atoms with Crippen LogP contribution in [0.1, 0.15) is 79.9 Å². The van der Waals surface area contributed by atoms with Crippen molar-refractivity contribution in [3.63, 3.8) is 0 Å². The molecule has 2 amide bonds. The maximum atomic E-state index is 13.3. The Morgan fingerprint density at radius 1 is 1.03 bits per heavy atom. The molecule has 0 radical (unpaired) electrons. The molecule has 190 valence electrons. The summed E-state index contributed by atoms with van der Waals surface area (Å²) < 4.78 is 40.1. The number of carbonyl (C=O) groups is 2. The molecule has 2 aromatic heterocycles. The first-order valence-electron chi connectivity index (χ1n) is 12.3. The summed E-state index contributed by atoms with van der Waals surface area (Å²) in [5.74, 6) is 0.752. The highest BCUT2D eigenvalue weighted by molar-refractivity contribution is 5.95. The standard InChI is InChI=1S/C25H32F3N5O2/c1-17(2)23-20(16-30-33(23)21-9-8-19(15-29-21)25(26,27)28)24(35)32-13-11-31(12-14-32)22(34)10-7-18-5-3-4-6-18/h8-9,15-18H,3-7,10-14H2,1-2H3. The average Bonchev–Trinajstić information content (AvgIpc) is 3.52. The molecule has 4 rings (SSSR count). The molecule has 10 heteroatoms. The summed E-state index contributed by atoms with van der Waals surface area (Å²) in [6.07, 6.45) is 4.26. The normalized spacial score (nSPS) is 17.4. The highest BCUT2D eigenvalue weighted by Crippen LogP contribution is 2.30. The third-order valence-electron chi connectivity index (χ3n) is 7.04. The van der Waals surface area contributed by atoms with Gasteiger partial charge in [-0.15, -0.1) is 0 Å². The second kappa shape index (κ2) is 10.4. The second-order valence-electron chi connectivity index (χ2n) is 9.77. The number of hydrogen-bond acceptors (Lipinski definition) is 4. The highest BCUT2D eigenvalue weighted by Gasteiger charge is 2.32. The van der Waals surface area contributed by atoms with Crippen LogP contribution in [0.3, 0.4) is 0 Å². The lowest BCUT2D eigenvalue weighted by Crippen LogP contribution is -2.50. The summed E-state index contributed by atoms with van der Waals surface area (Å²) in [6, 6.07) is 2.21. The van der Waals surface area contributed by atoms with Crippen LogP contribution in [0, 0.1) is 5.92 Å². The Labute approximate surface area is 203 Å². The number of aromatic nitrogens is 3.